The summed E-state index contributed by atoms with van der Waals surface area (Å²) in [6, 6.07) is 13.5. The molecule has 1 saturated heterocycles. The third-order valence-corrected chi connectivity index (χ3v) is 6.82. The molecule has 1 unspecified atom stereocenters. The highest BCUT2D eigenvalue weighted by atomic mass is 19.4. The van der Waals surface area contributed by atoms with Crippen molar-refractivity contribution in [2.45, 2.75) is 18.7 Å². The molecule has 0 saturated carbocycles. The van der Waals surface area contributed by atoms with Gasteiger partial charge in [-0.2, -0.15) is 13.2 Å². The highest BCUT2D eigenvalue weighted by Crippen LogP contribution is 2.32. The lowest BCUT2D eigenvalue weighted by atomic mass is 9.97. The number of carbonyl (C=O) groups is 2. The lowest BCUT2D eigenvalue weighted by Gasteiger charge is -2.27. The molecule has 2 aliphatic heterocycles. The number of amides is 2. The second-order valence-electron chi connectivity index (χ2n) is 9.55. The van der Waals surface area contributed by atoms with Crippen molar-refractivity contribution in [1.82, 2.24) is 4.98 Å². The van der Waals surface area contributed by atoms with Crippen LogP contribution in [0.3, 0.4) is 0 Å². The van der Waals surface area contributed by atoms with Crippen LogP contribution in [0.5, 0.6) is 0 Å². The topological polar surface area (TPSA) is 104 Å². The Labute approximate surface area is 234 Å². The Bertz CT molecular complexity index is 1480. The molecule has 2 aliphatic rings. The van der Waals surface area contributed by atoms with Crippen molar-refractivity contribution in [3.8, 4) is 0 Å². The van der Waals surface area contributed by atoms with Gasteiger partial charge in [-0.3, -0.25) is 9.59 Å². The van der Waals surface area contributed by atoms with Gasteiger partial charge in [0.1, 0.15) is 11.9 Å². The van der Waals surface area contributed by atoms with Crippen LogP contribution < -0.4 is 15.5 Å². The summed E-state index contributed by atoms with van der Waals surface area (Å²) >= 11 is 0. The maximum Gasteiger partial charge on any atom is 0.416 e. The van der Waals surface area contributed by atoms with Crippen LogP contribution in [-0.4, -0.2) is 54.3 Å². The van der Waals surface area contributed by atoms with Crippen molar-refractivity contribution in [3.05, 3.63) is 101 Å². The maximum atomic E-state index is 13.2. The van der Waals surface area contributed by atoms with Crippen molar-refractivity contribution >= 4 is 34.6 Å². The SMILES string of the molecule is O=C(/C=C/C=C(/c1ccc(C(F)(F)F)cc1)c1ccc(N2CCOCC2)nc1)Nc1cccc2c1CC(O)C(=O)N2. The second-order valence-corrected chi connectivity index (χ2v) is 9.55. The first-order chi connectivity index (χ1) is 19.7. The average Bonchev–Trinajstić information content (AvgIpc) is 2.97. The Balaban J connectivity index is 1.39. The molecular weight excluding hydrogens is 537 g/mol. The molecule has 0 bridgehead atoms. The van der Waals surface area contributed by atoms with Crippen molar-refractivity contribution in [2.24, 2.45) is 0 Å². The molecule has 2 aromatic carbocycles. The van der Waals surface area contributed by atoms with E-state index < -0.39 is 29.7 Å². The van der Waals surface area contributed by atoms with Crippen LogP contribution in [0.1, 0.15) is 22.3 Å². The van der Waals surface area contributed by atoms with E-state index in [0.29, 0.717) is 59.9 Å². The number of halogens is 3. The molecule has 3 N–H and O–H groups in total. The minimum Gasteiger partial charge on any atom is -0.383 e. The molecule has 0 aliphatic carbocycles. The summed E-state index contributed by atoms with van der Waals surface area (Å²) in [5, 5.41) is 15.3. The van der Waals surface area contributed by atoms with Crippen LogP contribution in [0.25, 0.3) is 5.57 Å². The number of fused-ring (bicyclic) bond motifs is 1. The third kappa shape index (κ3) is 6.64. The number of hydrogen-bond acceptors (Lipinski definition) is 6. The number of allylic oxidation sites excluding steroid dienone is 2. The monoisotopic (exact) mass is 564 g/mol. The summed E-state index contributed by atoms with van der Waals surface area (Å²) in [5.41, 5.74) is 2.56. The largest absolute Gasteiger partial charge is 0.416 e. The number of rotatable bonds is 6. The number of anilines is 3. The quantitative estimate of drug-likeness (QED) is 0.303. The molecule has 212 valence electrons. The number of morpholine rings is 1. The molecule has 41 heavy (non-hydrogen) atoms. The van der Waals surface area contributed by atoms with Gasteiger partial charge in [-0.15, -0.1) is 0 Å². The van der Waals surface area contributed by atoms with E-state index in [1.54, 1.807) is 30.5 Å². The van der Waals surface area contributed by atoms with Gasteiger partial charge in [0, 0.05) is 54.3 Å². The summed E-state index contributed by atoms with van der Waals surface area (Å²) in [5.74, 6) is -0.200. The van der Waals surface area contributed by atoms with E-state index in [1.165, 1.54) is 24.3 Å². The fourth-order valence-electron chi connectivity index (χ4n) is 4.67. The number of benzene rings is 2. The van der Waals surface area contributed by atoms with E-state index in [-0.39, 0.29) is 6.42 Å². The van der Waals surface area contributed by atoms with Crippen molar-refractivity contribution in [1.29, 1.82) is 0 Å². The Morgan fingerprint density at radius 2 is 1.80 bits per heavy atom. The van der Waals surface area contributed by atoms with E-state index in [0.717, 1.165) is 18.0 Å². The van der Waals surface area contributed by atoms with Crippen molar-refractivity contribution < 1.29 is 32.6 Å². The number of aromatic nitrogens is 1. The van der Waals surface area contributed by atoms with E-state index in [2.05, 4.69) is 20.5 Å². The molecule has 1 atom stereocenters. The highest BCUT2D eigenvalue weighted by molar-refractivity contribution is 6.03. The fraction of sp³-hybridized carbons (Fsp3) is 0.233. The molecule has 5 rings (SSSR count). The minimum atomic E-state index is -4.46. The van der Waals surface area contributed by atoms with Crippen molar-refractivity contribution in [2.75, 3.05) is 41.8 Å². The number of nitrogens with zero attached hydrogens (tertiary/aromatic N) is 2. The van der Waals surface area contributed by atoms with Crippen LogP contribution in [0.4, 0.5) is 30.4 Å². The molecular formula is C30H27F3N4O4. The zero-order chi connectivity index (χ0) is 29.0. The number of aliphatic hydroxyl groups excluding tert-OH is 1. The van der Waals surface area contributed by atoms with Crippen molar-refractivity contribution in [3.63, 3.8) is 0 Å². The van der Waals surface area contributed by atoms with E-state index in [9.17, 15) is 27.9 Å². The van der Waals surface area contributed by atoms with Gasteiger partial charge in [-0.1, -0.05) is 30.4 Å². The van der Waals surface area contributed by atoms with Gasteiger partial charge in [-0.25, -0.2) is 4.98 Å². The number of ether oxygens (including phenoxy) is 1. The van der Waals surface area contributed by atoms with Crippen LogP contribution in [0, 0.1) is 0 Å². The molecule has 2 amide bonds. The Morgan fingerprint density at radius 1 is 1.07 bits per heavy atom. The molecule has 11 heteroatoms. The predicted molar refractivity (Wildman–Crippen MR) is 148 cm³/mol. The molecule has 3 heterocycles. The summed E-state index contributed by atoms with van der Waals surface area (Å²) in [4.78, 5) is 31.1. The van der Waals surface area contributed by atoms with E-state index >= 15 is 0 Å². The first-order valence-corrected chi connectivity index (χ1v) is 13.0. The zero-order valence-corrected chi connectivity index (χ0v) is 21.8. The van der Waals surface area contributed by atoms with Gasteiger partial charge < -0.3 is 25.4 Å². The third-order valence-electron chi connectivity index (χ3n) is 6.82. The predicted octanol–water partition coefficient (Wildman–Crippen LogP) is 4.42. The summed E-state index contributed by atoms with van der Waals surface area (Å²) in [6.07, 6.45) is 0.467. The Morgan fingerprint density at radius 3 is 2.49 bits per heavy atom. The van der Waals surface area contributed by atoms with Crippen LogP contribution in [0.2, 0.25) is 0 Å². The second kappa shape index (κ2) is 11.9. The van der Waals surface area contributed by atoms with Gasteiger partial charge in [-0.05, 0) is 47.5 Å². The molecule has 1 fully saturated rings. The summed E-state index contributed by atoms with van der Waals surface area (Å²) in [7, 11) is 0. The molecule has 3 aromatic rings. The summed E-state index contributed by atoms with van der Waals surface area (Å²) < 4.78 is 44.8. The standard InChI is InChI=1S/C30H27F3N4O4/c31-30(32,33)21-10-7-19(8-11-21)22(20-9-12-27(34-18-20)37-13-15-41-16-14-37)3-1-6-28(39)35-24-4-2-5-25-23(24)17-26(38)29(40)36-25/h1-12,18,26,38H,13-17H2,(H,35,39)(H,36,40)/b6-1+,22-3-. The Hall–Kier alpha value is -4.48. The number of nitrogens with one attached hydrogen (secondary N) is 2. The zero-order valence-electron chi connectivity index (χ0n) is 21.8. The molecule has 8 nitrogen and oxygen atoms in total. The molecule has 1 aromatic heterocycles. The van der Waals surface area contributed by atoms with Crippen LogP contribution >= 0.6 is 0 Å². The smallest absolute Gasteiger partial charge is 0.383 e. The maximum absolute atomic E-state index is 13.2. The Kier molecular flexibility index (Phi) is 8.18. The van der Waals surface area contributed by atoms with Gasteiger partial charge in [0.15, 0.2) is 0 Å². The minimum absolute atomic E-state index is 0.0623. The number of pyridine rings is 1. The van der Waals surface area contributed by atoms with E-state index in [1.807, 2.05) is 12.1 Å². The summed E-state index contributed by atoms with van der Waals surface area (Å²) in [6.45, 7) is 2.63. The van der Waals surface area contributed by atoms with Crippen LogP contribution in [-0.2, 0) is 26.9 Å². The number of carbonyl (C=O) groups excluding carboxylic acids is 2. The fourth-order valence-corrected chi connectivity index (χ4v) is 4.67. The number of alkyl halides is 3. The normalized spacial score (nSPS) is 17.8. The highest BCUT2D eigenvalue weighted by Gasteiger charge is 2.30. The van der Waals surface area contributed by atoms with Gasteiger partial charge >= 0.3 is 6.18 Å². The van der Waals surface area contributed by atoms with Gasteiger partial charge in [0.05, 0.1) is 18.8 Å². The first-order valence-electron chi connectivity index (χ1n) is 13.0. The average molecular weight is 565 g/mol. The first kappa shape index (κ1) is 28.1. The molecule has 0 radical (unpaired) electrons. The number of aliphatic hydroxyl groups is 1. The van der Waals surface area contributed by atoms with Crippen LogP contribution in [0.15, 0.2) is 79.0 Å². The van der Waals surface area contributed by atoms with Gasteiger partial charge in [0.25, 0.3) is 5.91 Å². The lowest BCUT2D eigenvalue weighted by Crippen LogP contribution is -2.36. The molecule has 0 spiro atoms. The van der Waals surface area contributed by atoms with E-state index in [4.69, 9.17) is 4.74 Å². The van der Waals surface area contributed by atoms with Gasteiger partial charge in [0.2, 0.25) is 5.91 Å². The number of hydrogen-bond donors (Lipinski definition) is 3. The lowest BCUT2D eigenvalue weighted by molar-refractivity contribution is -0.137.